The van der Waals surface area contributed by atoms with Gasteiger partial charge in [-0.15, -0.1) is 11.3 Å². The molecule has 0 radical (unpaired) electrons. The van der Waals surface area contributed by atoms with Crippen molar-refractivity contribution < 1.29 is 18.9 Å². The molecule has 0 N–H and O–H groups in total. The summed E-state index contributed by atoms with van der Waals surface area (Å²) in [5, 5.41) is 0.946. The lowest BCUT2D eigenvalue weighted by Crippen LogP contribution is -2.38. The number of nitrogens with zero attached hydrogens (tertiary/aromatic N) is 2. The van der Waals surface area contributed by atoms with Gasteiger partial charge in [-0.05, 0) is 43.3 Å². The summed E-state index contributed by atoms with van der Waals surface area (Å²) in [4.78, 5) is 8.33. The van der Waals surface area contributed by atoms with Crippen LogP contribution in [0.25, 0.3) is 11.3 Å². The number of morpholine rings is 1. The van der Waals surface area contributed by atoms with Crippen LogP contribution in [0.3, 0.4) is 0 Å². The van der Waals surface area contributed by atoms with E-state index in [2.05, 4.69) is 24.0 Å². The molecule has 3 aromatic rings. The first-order valence-corrected chi connectivity index (χ1v) is 11.3. The molecular formula is C24H28N2O4S. The van der Waals surface area contributed by atoms with Crippen LogP contribution in [0, 0.1) is 6.92 Å². The fraction of sp³-hybridized carbons (Fsp3) is 0.375. The number of thiazole rings is 1. The highest BCUT2D eigenvalue weighted by Crippen LogP contribution is 2.30. The summed E-state index contributed by atoms with van der Waals surface area (Å²) in [6.07, 6.45) is 0. The fourth-order valence-corrected chi connectivity index (χ4v) is 4.31. The quantitative estimate of drug-likeness (QED) is 0.491. The zero-order valence-electron chi connectivity index (χ0n) is 18.0. The molecule has 6 nitrogen and oxygen atoms in total. The van der Waals surface area contributed by atoms with Crippen molar-refractivity contribution in [2.24, 2.45) is 0 Å². The van der Waals surface area contributed by atoms with E-state index in [1.807, 2.05) is 36.4 Å². The normalized spacial score (nSPS) is 14.4. The molecule has 7 heteroatoms. The van der Waals surface area contributed by atoms with Gasteiger partial charge in [0.15, 0.2) is 0 Å². The molecule has 2 heterocycles. The van der Waals surface area contributed by atoms with E-state index < -0.39 is 0 Å². The summed E-state index contributed by atoms with van der Waals surface area (Å²) in [5.41, 5.74) is 2.08. The van der Waals surface area contributed by atoms with Gasteiger partial charge in [-0.2, -0.15) is 0 Å². The smallest absolute Gasteiger partial charge is 0.140 e. The minimum absolute atomic E-state index is 0.432. The predicted molar refractivity (Wildman–Crippen MR) is 122 cm³/mol. The Labute approximate surface area is 187 Å². The lowest BCUT2D eigenvalue weighted by atomic mass is 10.1. The zero-order valence-corrected chi connectivity index (χ0v) is 18.8. The summed E-state index contributed by atoms with van der Waals surface area (Å²) in [6, 6.07) is 15.8. The molecule has 4 rings (SSSR count). The van der Waals surface area contributed by atoms with E-state index in [9.17, 15) is 0 Å². The van der Waals surface area contributed by atoms with Gasteiger partial charge in [-0.25, -0.2) is 4.98 Å². The Morgan fingerprint density at radius 3 is 2.55 bits per heavy atom. The predicted octanol–water partition coefficient (Wildman–Crippen LogP) is 4.42. The van der Waals surface area contributed by atoms with Crippen molar-refractivity contribution in [1.29, 1.82) is 0 Å². The molecule has 1 fully saturated rings. The first-order valence-electron chi connectivity index (χ1n) is 10.5. The number of benzene rings is 2. The Hall–Kier alpha value is -2.61. The van der Waals surface area contributed by atoms with Crippen LogP contribution in [0.1, 0.15) is 9.88 Å². The minimum Gasteiger partial charge on any atom is -0.497 e. The van der Waals surface area contributed by atoms with E-state index in [-0.39, 0.29) is 0 Å². The topological polar surface area (TPSA) is 53.0 Å². The van der Waals surface area contributed by atoms with Crippen molar-refractivity contribution in [3.63, 3.8) is 0 Å². The minimum atomic E-state index is 0.432. The van der Waals surface area contributed by atoms with Crippen LogP contribution in [-0.2, 0) is 11.3 Å². The van der Waals surface area contributed by atoms with E-state index >= 15 is 0 Å². The van der Waals surface area contributed by atoms with E-state index in [0.29, 0.717) is 13.2 Å². The molecule has 0 saturated carbocycles. The second-order valence-corrected chi connectivity index (χ2v) is 8.59. The highest BCUT2D eigenvalue weighted by atomic mass is 32.1. The first-order chi connectivity index (χ1) is 15.2. The van der Waals surface area contributed by atoms with Crippen LogP contribution in [0.5, 0.6) is 17.2 Å². The van der Waals surface area contributed by atoms with Crippen molar-refractivity contribution in [2.45, 2.75) is 13.5 Å². The van der Waals surface area contributed by atoms with Crippen LogP contribution < -0.4 is 14.2 Å². The van der Waals surface area contributed by atoms with Crippen molar-refractivity contribution >= 4 is 11.3 Å². The van der Waals surface area contributed by atoms with Gasteiger partial charge >= 0.3 is 0 Å². The van der Waals surface area contributed by atoms with Gasteiger partial charge in [-0.3, -0.25) is 4.90 Å². The Morgan fingerprint density at radius 1 is 1.00 bits per heavy atom. The number of rotatable bonds is 9. The molecule has 0 unspecified atom stereocenters. The lowest BCUT2D eigenvalue weighted by Gasteiger charge is -2.26. The van der Waals surface area contributed by atoms with E-state index in [4.69, 9.17) is 23.9 Å². The van der Waals surface area contributed by atoms with Gasteiger partial charge in [0.05, 0.1) is 26.0 Å². The highest BCUT2D eigenvalue weighted by Gasteiger charge is 2.12. The van der Waals surface area contributed by atoms with Gasteiger partial charge in [0.1, 0.15) is 35.5 Å². The molecule has 0 atom stereocenters. The van der Waals surface area contributed by atoms with Gasteiger partial charge in [0, 0.05) is 36.1 Å². The molecular weight excluding hydrogens is 412 g/mol. The Kier molecular flexibility index (Phi) is 7.40. The standard InChI is InChI=1S/C24H28N2O4S/c1-18-24(25-23(31-18)17-30-22-5-3-4-21(16-22)27-2)19-6-8-20(9-7-19)29-15-12-26-10-13-28-14-11-26/h3-9,16H,10-15,17H2,1-2H3. The molecule has 2 aromatic carbocycles. The summed E-state index contributed by atoms with van der Waals surface area (Å²) in [7, 11) is 1.65. The summed E-state index contributed by atoms with van der Waals surface area (Å²) in [5.74, 6) is 2.43. The van der Waals surface area contributed by atoms with Gasteiger partial charge < -0.3 is 18.9 Å². The second kappa shape index (κ2) is 10.6. The number of aryl methyl sites for hydroxylation is 1. The molecule has 1 saturated heterocycles. The maximum absolute atomic E-state index is 5.91. The molecule has 0 bridgehead atoms. The summed E-state index contributed by atoms with van der Waals surface area (Å²) >= 11 is 1.66. The third-order valence-corrected chi connectivity index (χ3v) is 6.10. The van der Waals surface area contributed by atoms with Crippen LogP contribution in [0.4, 0.5) is 0 Å². The lowest BCUT2D eigenvalue weighted by molar-refractivity contribution is 0.0322. The third-order valence-electron chi connectivity index (χ3n) is 5.15. The molecule has 1 aromatic heterocycles. The van der Waals surface area contributed by atoms with Gasteiger partial charge in [0.25, 0.3) is 0 Å². The van der Waals surface area contributed by atoms with Crippen LogP contribution in [0.2, 0.25) is 0 Å². The van der Waals surface area contributed by atoms with Crippen LogP contribution >= 0.6 is 11.3 Å². The third kappa shape index (κ3) is 5.97. The number of hydrogen-bond acceptors (Lipinski definition) is 7. The monoisotopic (exact) mass is 440 g/mol. The van der Waals surface area contributed by atoms with Crippen LogP contribution in [0.15, 0.2) is 48.5 Å². The van der Waals surface area contributed by atoms with Crippen molar-refractivity contribution in [2.75, 3.05) is 46.6 Å². The molecule has 31 heavy (non-hydrogen) atoms. The van der Waals surface area contributed by atoms with E-state index in [1.54, 1.807) is 18.4 Å². The van der Waals surface area contributed by atoms with E-state index in [1.165, 1.54) is 4.88 Å². The maximum Gasteiger partial charge on any atom is 0.140 e. The summed E-state index contributed by atoms with van der Waals surface area (Å²) < 4.78 is 22.4. The largest absolute Gasteiger partial charge is 0.497 e. The zero-order chi connectivity index (χ0) is 21.5. The molecule has 1 aliphatic rings. The molecule has 0 aliphatic carbocycles. The highest BCUT2D eigenvalue weighted by molar-refractivity contribution is 7.12. The summed E-state index contributed by atoms with van der Waals surface area (Å²) in [6.45, 7) is 7.72. The second-order valence-electron chi connectivity index (χ2n) is 7.31. The van der Waals surface area contributed by atoms with E-state index in [0.717, 1.165) is 66.4 Å². The number of ether oxygens (including phenoxy) is 4. The Morgan fingerprint density at radius 2 is 1.77 bits per heavy atom. The van der Waals surface area contributed by atoms with Crippen molar-refractivity contribution in [1.82, 2.24) is 9.88 Å². The van der Waals surface area contributed by atoms with Gasteiger partial charge in [-0.1, -0.05) is 6.07 Å². The average molecular weight is 441 g/mol. The van der Waals surface area contributed by atoms with Crippen molar-refractivity contribution in [3.8, 4) is 28.5 Å². The average Bonchev–Trinajstić information content (AvgIpc) is 3.19. The van der Waals surface area contributed by atoms with Crippen LogP contribution in [-0.4, -0.2) is 56.4 Å². The Bertz CT molecular complexity index is 968. The Balaban J connectivity index is 1.32. The van der Waals surface area contributed by atoms with Gasteiger partial charge in [0.2, 0.25) is 0 Å². The SMILES string of the molecule is COc1cccc(OCc2nc(-c3ccc(OCCN4CCOCC4)cc3)c(C)s2)c1. The number of aromatic nitrogens is 1. The molecule has 164 valence electrons. The molecule has 1 aliphatic heterocycles. The number of methoxy groups -OCH3 is 1. The number of hydrogen-bond donors (Lipinski definition) is 0. The van der Waals surface area contributed by atoms with Crippen molar-refractivity contribution in [3.05, 3.63) is 58.4 Å². The molecule has 0 spiro atoms. The molecule has 0 amide bonds. The fourth-order valence-electron chi connectivity index (χ4n) is 3.44. The first kappa shape index (κ1) is 21.6. The maximum atomic E-state index is 5.91.